The fraction of sp³-hybridized carbons (Fsp3) is 0.560. The molecule has 2 fully saturated rings. The quantitative estimate of drug-likeness (QED) is 0.557. The zero-order valence-electron chi connectivity index (χ0n) is 16.4. The fourth-order valence-corrected chi connectivity index (χ4v) is 5.67. The number of nitriles is 1. The lowest BCUT2D eigenvalue weighted by Gasteiger charge is -2.42. The number of rotatable bonds is 4. The van der Waals surface area contributed by atoms with E-state index in [9.17, 15) is 4.39 Å². The summed E-state index contributed by atoms with van der Waals surface area (Å²) in [7, 11) is 0. The van der Waals surface area contributed by atoms with Crippen molar-refractivity contribution in [1.82, 2.24) is 0 Å². The summed E-state index contributed by atoms with van der Waals surface area (Å²) in [6.07, 6.45) is 12.4. The molecule has 2 heteroatoms. The maximum atomic E-state index is 14.0. The van der Waals surface area contributed by atoms with Crippen LogP contribution in [0.4, 0.5) is 4.39 Å². The Morgan fingerprint density at radius 2 is 1.81 bits per heavy atom. The molecule has 4 atom stereocenters. The van der Waals surface area contributed by atoms with Crippen molar-refractivity contribution in [3.05, 3.63) is 47.3 Å². The van der Waals surface area contributed by atoms with E-state index >= 15 is 0 Å². The van der Waals surface area contributed by atoms with Gasteiger partial charge in [-0.1, -0.05) is 50.8 Å². The predicted molar refractivity (Wildman–Crippen MR) is 109 cm³/mol. The molecular formula is C25H30FN. The van der Waals surface area contributed by atoms with Crippen LogP contribution < -0.4 is 0 Å². The zero-order valence-corrected chi connectivity index (χ0v) is 16.4. The lowest BCUT2D eigenvalue weighted by molar-refractivity contribution is 0.113. The van der Waals surface area contributed by atoms with Crippen molar-refractivity contribution in [2.45, 2.75) is 70.6 Å². The summed E-state index contributed by atoms with van der Waals surface area (Å²) < 4.78 is 14.0. The predicted octanol–water partition coefficient (Wildman–Crippen LogP) is 7.34. The van der Waals surface area contributed by atoms with Crippen LogP contribution in [-0.4, -0.2) is 0 Å². The average Bonchev–Trinajstić information content (AvgIpc) is 2.70. The number of benzene rings is 2. The van der Waals surface area contributed by atoms with E-state index in [0.29, 0.717) is 5.92 Å². The Morgan fingerprint density at radius 3 is 2.63 bits per heavy atom. The highest BCUT2D eigenvalue weighted by molar-refractivity contribution is 5.84. The second kappa shape index (κ2) is 8.01. The molecule has 2 aromatic carbocycles. The molecule has 142 valence electrons. The first-order chi connectivity index (χ1) is 13.2. The van der Waals surface area contributed by atoms with Crippen molar-refractivity contribution in [3.63, 3.8) is 0 Å². The summed E-state index contributed by atoms with van der Waals surface area (Å²) in [5.41, 5.74) is 1.49. The molecular weight excluding hydrogens is 333 g/mol. The normalized spacial score (nSPS) is 27.9. The van der Waals surface area contributed by atoms with Crippen LogP contribution in [0.5, 0.6) is 0 Å². The highest BCUT2D eigenvalue weighted by atomic mass is 19.1. The standard InChI is InChI=1S/C25H30FN/c1-2-3-4-17-5-6-19-12-20(8-7-18(19)11-17)21-9-10-22-14-24(16-27)25(26)15-23(22)13-21/h9-10,13-15,17-20H,2-8,11-12H2,1H3/t17-,18?,19-,20?/m1/s1. The minimum absolute atomic E-state index is 0.135. The molecule has 0 radical (unpaired) electrons. The van der Waals surface area contributed by atoms with Crippen LogP contribution in [0.1, 0.15) is 81.8 Å². The van der Waals surface area contributed by atoms with E-state index in [1.807, 2.05) is 6.07 Å². The molecule has 0 amide bonds. The van der Waals surface area contributed by atoms with Gasteiger partial charge in [-0.3, -0.25) is 0 Å². The molecule has 2 unspecified atom stereocenters. The summed E-state index contributed by atoms with van der Waals surface area (Å²) in [6, 6.07) is 11.6. The van der Waals surface area contributed by atoms with Crippen LogP contribution in [-0.2, 0) is 0 Å². The third kappa shape index (κ3) is 3.88. The van der Waals surface area contributed by atoms with E-state index in [4.69, 9.17) is 5.26 Å². The van der Waals surface area contributed by atoms with Gasteiger partial charge in [0, 0.05) is 0 Å². The van der Waals surface area contributed by atoms with Crippen LogP contribution in [0.25, 0.3) is 10.8 Å². The van der Waals surface area contributed by atoms with Crippen LogP contribution in [0, 0.1) is 34.9 Å². The topological polar surface area (TPSA) is 23.8 Å². The maximum absolute atomic E-state index is 14.0. The maximum Gasteiger partial charge on any atom is 0.141 e. The molecule has 0 saturated heterocycles. The fourth-order valence-electron chi connectivity index (χ4n) is 5.67. The first-order valence-corrected chi connectivity index (χ1v) is 10.8. The lowest BCUT2D eigenvalue weighted by atomic mass is 9.63. The van der Waals surface area contributed by atoms with Crippen molar-refractivity contribution in [2.24, 2.45) is 17.8 Å². The van der Waals surface area contributed by atoms with Gasteiger partial charge in [0.1, 0.15) is 11.9 Å². The van der Waals surface area contributed by atoms with Gasteiger partial charge in [0.2, 0.25) is 0 Å². The molecule has 0 bridgehead atoms. The molecule has 0 aromatic heterocycles. The smallest absolute Gasteiger partial charge is 0.141 e. The molecule has 0 spiro atoms. The Balaban J connectivity index is 1.47. The highest BCUT2D eigenvalue weighted by Gasteiger charge is 2.35. The molecule has 0 N–H and O–H groups in total. The monoisotopic (exact) mass is 363 g/mol. The third-order valence-electron chi connectivity index (χ3n) is 7.23. The SMILES string of the molecule is CCCC[C@@H]1CC[C@@H]2CC(c3ccc4cc(C#N)c(F)cc4c3)CCC2C1. The number of hydrogen-bond acceptors (Lipinski definition) is 1. The van der Waals surface area contributed by atoms with E-state index in [2.05, 4.69) is 25.1 Å². The summed E-state index contributed by atoms with van der Waals surface area (Å²) in [5.74, 6) is 3.00. The molecule has 2 aromatic rings. The van der Waals surface area contributed by atoms with Crippen LogP contribution >= 0.6 is 0 Å². The molecule has 4 rings (SSSR count). The molecule has 0 heterocycles. The van der Waals surface area contributed by atoms with Crippen molar-refractivity contribution >= 4 is 10.8 Å². The molecule has 27 heavy (non-hydrogen) atoms. The summed E-state index contributed by atoms with van der Waals surface area (Å²) >= 11 is 0. The van der Waals surface area contributed by atoms with Crippen molar-refractivity contribution in [3.8, 4) is 6.07 Å². The second-order valence-electron chi connectivity index (χ2n) is 8.90. The lowest BCUT2D eigenvalue weighted by Crippen LogP contribution is -2.30. The van der Waals surface area contributed by atoms with Gasteiger partial charge in [-0.25, -0.2) is 4.39 Å². The second-order valence-corrected chi connectivity index (χ2v) is 8.90. The third-order valence-corrected chi connectivity index (χ3v) is 7.23. The Morgan fingerprint density at radius 1 is 1.00 bits per heavy atom. The Bertz CT molecular complexity index is 849. The molecule has 2 aliphatic carbocycles. The van der Waals surface area contributed by atoms with E-state index in [-0.39, 0.29) is 5.56 Å². The first kappa shape index (κ1) is 18.5. The largest absolute Gasteiger partial charge is 0.206 e. The van der Waals surface area contributed by atoms with Gasteiger partial charge in [-0.2, -0.15) is 5.26 Å². The Hall–Kier alpha value is -1.88. The highest BCUT2D eigenvalue weighted by Crippen LogP contribution is 2.48. The summed E-state index contributed by atoms with van der Waals surface area (Å²) in [5, 5.41) is 10.9. The van der Waals surface area contributed by atoms with Crippen LogP contribution in [0.3, 0.4) is 0 Å². The molecule has 1 nitrogen and oxygen atoms in total. The molecule has 2 aliphatic rings. The zero-order chi connectivity index (χ0) is 18.8. The number of nitrogens with zero attached hydrogens (tertiary/aromatic N) is 1. The van der Waals surface area contributed by atoms with Gasteiger partial charge in [-0.05, 0) is 84.2 Å². The van der Waals surface area contributed by atoms with Gasteiger partial charge in [0.05, 0.1) is 5.56 Å². The van der Waals surface area contributed by atoms with E-state index in [1.54, 1.807) is 6.07 Å². The van der Waals surface area contributed by atoms with Gasteiger partial charge in [0.15, 0.2) is 0 Å². The van der Waals surface area contributed by atoms with Gasteiger partial charge in [-0.15, -0.1) is 0 Å². The minimum atomic E-state index is -0.406. The van der Waals surface area contributed by atoms with Crippen LogP contribution in [0.2, 0.25) is 0 Å². The Kier molecular flexibility index (Phi) is 5.48. The van der Waals surface area contributed by atoms with E-state index < -0.39 is 5.82 Å². The van der Waals surface area contributed by atoms with Gasteiger partial charge in [0.25, 0.3) is 0 Å². The summed E-state index contributed by atoms with van der Waals surface area (Å²) in [6.45, 7) is 2.30. The van der Waals surface area contributed by atoms with Crippen molar-refractivity contribution in [1.29, 1.82) is 5.26 Å². The number of unbranched alkanes of at least 4 members (excludes halogenated alkanes) is 1. The van der Waals surface area contributed by atoms with Crippen molar-refractivity contribution < 1.29 is 4.39 Å². The molecule has 0 aliphatic heterocycles. The van der Waals surface area contributed by atoms with Gasteiger partial charge < -0.3 is 0 Å². The minimum Gasteiger partial charge on any atom is -0.206 e. The van der Waals surface area contributed by atoms with E-state index in [0.717, 1.165) is 28.5 Å². The van der Waals surface area contributed by atoms with Crippen LogP contribution in [0.15, 0.2) is 30.3 Å². The number of hydrogen-bond donors (Lipinski definition) is 0. The van der Waals surface area contributed by atoms with E-state index in [1.165, 1.54) is 69.4 Å². The number of fused-ring (bicyclic) bond motifs is 2. The van der Waals surface area contributed by atoms with Gasteiger partial charge >= 0.3 is 0 Å². The average molecular weight is 364 g/mol. The number of halogens is 1. The van der Waals surface area contributed by atoms with Crippen molar-refractivity contribution in [2.75, 3.05) is 0 Å². The first-order valence-electron chi connectivity index (χ1n) is 10.8. The summed E-state index contributed by atoms with van der Waals surface area (Å²) in [4.78, 5) is 0. The Labute approximate surface area is 162 Å². The molecule has 2 saturated carbocycles.